The molecule has 2 heterocycles. The minimum Gasteiger partial charge on any atom is -0.365 e. The second kappa shape index (κ2) is 5.63. The first kappa shape index (κ1) is 12.6. The molecule has 2 rings (SSSR count). The van der Waals surface area contributed by atoms with Gasteiger partial charge in [0.1, 0.15) is 5.69 Å². The lowest BCUT2D eigenvalue weighted by Crippen LogP contribution is -2.25. The van der Waals surface area contributed by atoms with Gasteiger partial charge in [-0.15, -0.1) is 11.3 Å². The zero-order chi connectivity index (χ0) is 13.0. The van der Waals surface area contributed by atoms with Gasteiger partial charge in [-0.3, -0.25) is 9.48 Å². The highest BCUT2D eigenvalue weighted by Crippen LogP contribution is 2.13. The van der Waals surface area contributed by atoms with E-state index in [1.807, 2.05) is 13.2 Å². The second-order valence-electron chi connectivity index (χ2n) is 3.82. The third-order valence-corrected chi connectivity index (χ3v) is 3.27. The van der Waals surface area contributed by atoms with Crippen LogP contribution in [0.1, 0.15) is 16.1 Å². The van der Waals surface area contributed by atoms with Crippen LogP contribution in [0.5, 0.6) is 0 Å². The normalized spacial score (nSPS) is 10.3. The van der Waals surface area contributed by atoms with E-state index in [9.17, 15) is 4.79 Å². The van der Waals surface area contributed by atoms with Crippen molar-refractivity contribution in [3.05, 3.63) is 29.0 Å². The summed E-state index contributed by atoms with van der Waals surface area (Å²) in [6.45, 7) is 0.580. The summed E-state index contributed by atoms with van der Waals surface area (Å²) in [5, 5.41) is 12.3. The largest absolute Gasteiger partial charge is 0.365 e. The Kier molecular flexibility index (Phi) is 3.93. The molecule has 2 N–H and O–H groups in total. The van der Waals surface area contributed by atoms with Gasteiger partial charge in [0.15, 0.2) is 5.13 Å². The van der Waals surface area contributed by atoms with Crippen molar-refractivity contribution < 1.29 is 4.79 Å². The average molecular weight is 265 g/mol. The van der Waals surface area contributed by atoms with Crippen molar-refractivity contribution in [1.82, 2.24) is 20.1 Å². The van der Waals surface area contributed by atoms with Gasteiger partial charge in [-0.05, 0) is 12.0 Å². The minimum atomic E-state index is -0.142. The SMILES string of the molecule is CNc1nc(C(=O)NCCc2cnn(C)c2)cs1. The van der Waals surface area contributed by atoms with Crippen LogP contribution in [-0.4, -0.2) is 34.3 Å². The van der Waals surface area contributed by atoms with Gasteiger partial charge >= 0.3 is 0 Å². The van der Waals surface area contributed by atoms with Gasteiger partial charge in [0, 0.05) is 32.2 Å². The summed E-state index contributed by atoms with van der Waals surface area (Å²) in [6, 6.07) is 0. The van der Waals surface area contributed by atoms with Crippen molar-refractivity contribution in [2.24, 2.45) is 7.05 Å². The predicted octanol–water partition coefficient (Wildman–Crippen LogP) is 0.891. The Bertz CT molecular complexity index is 533. The van der Waals surface area contributed by atoms with E-state index in [1.165, 1.54) is 11.3 Å². The molecule has 0 atom stereocenters. The molecule has 0 aromatic carbocycles. The number of hydrogen-bond acceptors (Lipinski definition) is 5. The van der Waals surface area contributed by atoms with Crippen molar-refractivity contribution in [3.63, 3.8) is 0 Å². The molecule has 0 bridgehead atoms. The molecule has 0 aliphatic heterocycles. The number of carbonyl (C=O) groups excluding carboxylic acids is 1. The molecular weight excluding hydrogens is 250 g/mol. The van der Waals surface area contributed by atoms with E-state index in [0.29, 0.717) is 12.2 Å². The molecule has 0 saturated carbocycles. The van der Waals surface area contributed by atoms with Crippen LogP contribution in [0.25, 0.3) is 0 Å². The summed E-state index contributed by atoms with van der Waals surface area (Å²) < 4.78 is 1.75. The maximum absolute atomic E-state index is 11.8. The summed E-state index contributed by atoms with van der Waals surface area (Å²) in [5.41, 5.74) is 1.56. The molecule has 0 saturated heterocycles. The van der Waals surface area contributed by atoms with Crippen LogP contribution in [0.3, 0.4) is 0 Å². The molecule has 1 amide bonds. The van der Waals surface area contributed by atoms with Crippen molar-refractivity contribution in [3.8, 4) is 0 Å². The number of nitrogens with one attached hydrogen (secondary N) is 2. The van der Waals surface area contributed by atoms with E-state index in [-0.39, 0.29) is 5.91 Å². The molecule has 96 valence electrons. The lowest BCUT2D eigenvalue weighted by Gasteiger charge is -2.01. The second-order valence-corrected chi connectivity index (χ2v) is 4.67. The molecule has 0 aliphatic rings. The number of hydrogen-bond donors (Lipinski definition) is 2. The van der Waals surface area contributed by atoms with Crippen molar-refractivity contribution in [2.75, 3.05) is 18.9 Å². The third kappa shape index (κ3) is 3.07. The van der Waals surface area contributed by atoms with Crippen molar-refractivity contribution >= 4 is 22.4 Å². The van der Waals surface area contributed by atoms with E-state index in [1.54, 1.807) is 23.3 Å². The summed E-state index contributed by atoms with van der Waals surface area (Å²) in [5.74, 6) is -0.142. The predicted molar refractivity (Wildman–Crippen MR) is 70.9 cm³/mol. The molecule has 18 heavy (non-hydrogen) atoms. The summed E-state index contributed by atoms with van der Waals surface area (Å²) in [4.78, 5) is 15.9. The monoisotopic (exact) mass is 265 g/mol. The molecule has 2 aromatic rings. The van der Waals surface area contributed by atoms with Crippen LogP contribution >= 0.6 is 11.3 Å². The van der Waals surface area contributed by atoms with Gasteiger partial charge in [-0.1, -0.05) is 0 Å². The Hall–Kier alpha value is -1.89. The van der Waals surface area contributed by atoms with Crippen LogP contribution in [0.2, 0.25) is 0 Å². The summed E-state index contributed by atoms with van der Waals surface area (Å²) in [6.07, 6.45) is 4.50. The number of amides is 1. The molecule has 0 fully saturated rings. The first-order valence-electron chi connectivity index (χ1n) is 5.58. The molecule has 0 radical (unpaired) electrons. The van der Waals surface area contributed by atoms with Gasteiger partial charge < -0.3 is 10.6 Å². The molecule has 0 unspecified atom stereocenters. The van der Waals surface area contributed by atoms with Gasteiger partial charge in [-0.25, -0.2) is 4.98 Å². The van der Waals surface area contributed by atoms with Gasteiger partial charge in [-0.2, -0.15) is 5.10 Å². The Morgan fingerprint density at radius 2 is 2.39 bits per heavy atom. The molecule has 0 aliphatic carbocycles. The number of thiazole rings is 1. The van der Waals surface area contributed by atoms with E-state index < -0.39 is 0 Å². The fraction of sp³-hybridized carbons (Fsp3) is 0.364. The van der Waals surface area contributed by atoms with Crippen molar-refractivity contribution in [1.29, 1.82) is 0 Å². The van der Waals surface area contributed by atoms with Crippen LogP contribution in [-0.2, 0) is 13.5 Å². The van der Waals surface area contributed by atoms with E-state index in [2.05, 4.69) is 20.7 Å². The Morgan fingerprint density at radius 3 is 3.00 bits per heavy atom. The molecule has 7 heteroatoms. The number of aryl methyl sites for hydroxylation is 1. The highest BCUT2D eigenvalue weighted by molar-refractivity contribution is 7.13. The lowest BCUT2D eigenvalue weighted by atomic mass is 10.2. The fourth-order valence-corrected chi connectivity index (χ4v) is 2.16. The van der Waals surface area contributed by atoms with Crippen molar-refractivity contribution in [2.45, 2.75) is 6.42 Å². The van der Waals surface area contributed by atoms with E-state index in [4.69, 9.17) is 0 Å². The Labute approximate surface area is 109 Å². The zero-order valence-corrected chi connectivity index (χ0v) is 11.1. The summed E-state index contributed by atoms with van der Waals surface area (Å²) >= 11 is 1.41. The van der Waals surface area contributed by atoms with Crippen LogP contribution in [0, 0.1) is 0 Å². The van der Waals surface area contributed by atoms with Crippen LogP contribution in [0.4, 0.5) is 5.13 Å². The average Bonchev–Trinajstić information content (AvgIpc) is 2.98. The van der Waals surface area contributed by atoms with Gasteiger partial charge in [0.05, 0.1) is 6.20 Å². The first-order chi connectivity index (χ1) is 8.69. The summed E-state index contributed by atoms with van der Waals surface area (Å²) in [7, 11) is 3.65. The maximum atomic E-state index is 11.8. The Morgan fingerprint density at radius 1 is 1.56 bits per heavy atom. The molecule has 6 nitrogen and oxygen atoms in total. The molecule has 2 aromatic heterocycles. The standard InChI is InChI=1S/C11H15N5OS/c1-12-11-15-9(7-18-11)10(17)13-4-3-8-5-14-16(2)6-8/h5-7H,3-4H2,1-2H3,(H,12,15)(H,13,17). The first-order valence-corrected chi connectivity index (χ1v) is 6.46. The highest BCUT2D eigenvalue weighted by Gasteiger charge is 2.09. The van der Waals surface area contributed by atoms with Crippen LogP contribution < -0.4 is 10.6 Å². The maximum Gasteiger partial charge on any atom is 0.270 e. The number of anilines is 1. The topological polar surface area (TPSA) is 71.8 Å². The highest BCUT2D eigenvalue weighted by atomic mass is 32.1. The number of aromatic nitrogens is 3. The third-order valence-electron chi connectivity index (χ3n) is 2.41. The van der Waals surface area contributed by atoms with E-state index in [0.717, 1.165) is 17.1 Å². The van der Waals surface area contributed by atoms with E-state index >= 15 is 0 Å². The number of rotatable bonds is 5. The Balaban J connectivity index is 1.81. The molecule has 0 spiro atoms. The quantitative estimate of drug-likeness (QED) is 0.842. The minimum absolute atomic E-state index is 0.142. The van der Waals surface area contributed by atoms with Gasteiger partial charge in [0.25, 0.3) is 5.91 Å². The van der Waals surface area contributed by atoms with Crippen LogP contribution in [0.15, 0.2) is 17.8 Å². The number of carbonyl (C=O) groups is 1. The smallest absolute Gasteiger partial charge is 0.270 e. The zero-order valence-electron chi connectivity index (χ0n) is 10.3. The van der Waals surface area contributed by atoms with Gasteiger partial charge in [0.2, 0.25) is 0 Å². The number of nitrogens with zero attached hydrogens (tertiary/aromatic N) is 3. The lowest BCUT2D eigenvalue weighted by molar-refractivity contribution is 0.0950. The fourth-order valence-electron chi connectivity index (χ4n) is 1.50. The molecular formula is C11H15N5OS.